The molecule has 110 valence electrons. The van der Waals surface area contributed by atoms with Crippen molar-refractivity contribution in [2.45, 2.75) is 13.5 Å². The Bertz CT molecular complexity index is 643. The minimum Gasteiger partial charge on any atom is -0.348 e. The Labute approximate surface area is 138 Å². The Balaban J connectivity index is 1.98. The van der Waals surface area contributed by atoms with Gasteiger partial charge in [0.15, 0.2) is 5.11 Å². The molecule has 2 rings (SSSR count). The summed E-state index contributed by atoms with van der Waals surface area (Å²) < 4.78 is 14.6. The van der Waals surface area contributed by atoms with Gasteiger partial charge in [-0.1, -0.05) is 34.1 Å². The Morgan fingerprint density at radius 2 is 1.90 bits per heavy atom. The van der Waals surface area contributed by atoms with Gasteiger partial charge in [-0.15, -0.1) is 0 Å². The summed E-state index contributed by atoms with van der Waals surface area (Å²) in [4.78, 5) is 1.91. The standard InChI is InChI=1S/C16H16BrFN2S/c1-11-3-8-14(9-15(11)18)19-16(21)20(2)10-12-4-6-13(17)7-5-12/h3-9H,10H2,1-2H3,(H,19,21). The third-order valence-corrected chi connectivity index (χ3v) is 4.05. The first-order valence-electron chi connectivity index (χ1n) is 6.48. The highest BCUT2D eigenvalue weighted by molar-refractivity contribution is 9.10. The fraction of sp³-hybridized carbons (Fsp3) is 0.188. The van der Waals surface area contributed by atoms with Crippen molar-refractivity contribution in [3.8, 4) is 0 Å². The quantitative estimate of drug-likeness (QED) is 0.790. The van der Waals surface area contributed by atoms with Gasteiger partial charge in [0, 0.05) is 23.8 Å². The van der Waals surface area contributed by atoms with Gasteiger partial charge in [0.1, 0.15) is 5.82 Å². The van der Waals surface area contributed by atoms with Crippen molar-refractivity contribution in [3.63, 3.8) is 0 Å². The first kappa shape index (κ1) is 15.9. The second kappa shape index (κ2) is 7.00. The summed E-state index contributed by atoms with van der Waals surface area (Å²) in [5.41, 5.74) is 2.43. The van der Waals surface area contributed by atoms with E-state index in [2.05, 4.69) is 21.2 Å². The average Bonchev–Trinajstić information content (AvgIpc) is 2.45. The summed E-state index contributed by atoms with van der Waals surface area (Å²) in [6.45, 7) is 2.42. The lowest BCUT2D eigenvalue weighted by Crippen LogP contribution is -2.30. The molecule has 0 spiro atoms. The van der Waals surface area contributed by atoms with Crippen LogP contribution in [0.2, 0.25) is 0 Å². The summed E-state index contributed by atoms with van der Waals surface area (Å²) in [7, 11) is 1.90. The molecule has 0 aromatic heterocycles. The van der Waals surface area contributed by atoms with Crippen molar-refractivity contribution >= 4 is 38.9 Å². The molecular formula is C16H16BrFN2S. The highest BCUT2D eigenvalue weighted by atomic mass is 79.9. The van der Waals surface area contributed by atoms with Crippen molar-refractivity contribution in [2.75, 3.05) is 12.4 Å². The molecule has 2 aromatic carbocycles. The van der Waals surface area contributed by atoms with E-state index in [1.54, 1.807) is 13.0 Å². The van der Waals surface area contributed by atoms with E-state index in [-0.39, 0.29) is 5.82 Å². The fourth-order valence-corrected chi connectivity index (χ4v) is 2.27. The van der Waals surface area contributed by atoms with E-state index in [1.165, 1.54) is 6.07 Å². The predicted octanol–water partition coefficient (Wildman–Crippen LogP) is 4.73. The molecule has 0 atom stereocenters. The third kappa shape index (κ3) is 4.51. The highest BCUT2D eigenvalue weighted by Crippen LogP contribution is 2.15. The van der Waals surface area contributed by atoms with Gasteiger partial charge in [0.25, 0.3) is 0 Å². The van der Waals surface area contributed by atoms with Gasteiger partial charge in [-0.25, -0.2) is 4.39 Å². The van der Waals surface area contributed by atoms with Crippen molar-refractivity contribution in [1.82, 2.24) is 4.90 Å². The van der Waals surface area contributed by atoms with Crippen LogP contribution in [0.5, 0.6) is 0 Å². The first-order valence-corrected chi connectivity index (χ1v) is 7.68. The molecule has 21 heavy (non-hydrogen) atoms. The molecule has 0 bridgehead atoms. The second-order valence-electron chi connectivity index (χ2n) is 4.88. The Morgan fingerprint density at radius 3 is 2.52 bits per heavy atom. The van der Waals surface area contributed by atoms with Gasteiger partial charge in [0.2, 0.25) is 0 Å². The van der Waals surface area contributed by atoms with Gasteiger partial charge in [0.05, 0.1) is 0 Å². The fourth-order valence-electron chi connectivity index (χ4n) is 1.82. The zero-order chi connectivity index (χ0) is 15.4. The van der Waals surface area contributed by atoms with Crippen LogP contribution in [0.15, 0.2) is 46.9 Å². The molecule has 0 aliphatic rings. The van der Waals surface area contributed by atoms with Crippen molar-refractivity contribution in [3.05, 3.63) is 63.9 Å². The number of aryl methyl sites for hydroxylation is 1. The number of nitrogens with zero attached hydrogens (tertiary/aromatic N) is 1. The summed E-state index contributed by atoms with van der Waals surface area (Å²) in [6, 6.07) is 13.1. The zero-order valence-corrected chi connectivity index (χ0v) is 14.3. The number of rotatable bonds is 3. The number of anilines is 1. The molecule has 0 unspecified atom stereocenters. The number of hydrogen-bond acceptors (Lipinski definition) is 1. The smallest absolute Gasteiger partial charge is 0.173 e. The number of benzene rings is 2. The predicted molar refractivity (Wildman–Crippen MR) is 93.0 cm³/mol. The van der Waals surface area contributed by atoms with Crippen LogP contribution >= 0.6 is 28.1 Å². The van der Waals surface area contributed by atoms with Crippen LogP contribution in [-0.2, 0) is 6.54 Å². The van der Waals surface area contributed by atoms with E-state index in [1.807, 2.05) is 42.3 Å². The van der Waals surface area contributed by atoms with Crippen LogP contribution in [0.25, 0.3) is 0 Å². The molecular weight excluding hydrogens is 351 g/mol. The van der Waals surface area contributed by atoms with Crippen molar-refractivity contribution in [2.24, 2.45) is 0 Å². The molecule has 0 saturated heterocycles. The number of hydrogen-bond donors (Lipinski definition) is 1. The topological polar surface area (TPSA) is 15.3 Å². The van der Waals surface area contributed by atoms with E-state index >= 15 is 0 Å². The van der Waals surface area contributed by atoms with E-state index in [0.29, 0.717) is 22.9 Å². The highest BCUT2D eigenvalue weighted by Gasteiger charge is 2.07. The van der Waals surface area contributed by atoms with E-state index in [4.69, 9.17) is 12.2 Å². The molecule has 0 heterocycles. The average molecular weight is 367 g/mol. The number of halogens is 2. The molecule has 1 N–H and O–H groups in total. The van der Waals surface area contributed by atoms with Crippen LogP contribution in [-0.4, -0.2) is 17.1 Å². The second-order valence-corrected chi connectivity index (χ2v) is 6.18. The Hall–Kier alpha value is -1.46. The molecule has 0 saturated carbocycles. The molecule has 0 radical (unpaired) electrons. The van der Waals surface area contributed by atoms with Crippen LogP contribution in [0.4, 0.5) is 10.1 Å². The van der Waals surface area contributed by atoms with Crippen LogP contribution < -0.4 is 5.32 Å². The monoisotopic (exact) mass is 366 g/mol. The maximum Gasteiger partial charge on any atom is 0.173 e. The summed E-state index contributed by atoms with van der Waals surface area (Å²) >= 11 is 8.75. The molecule has 0 fully saturated rings. The van der Waals surface area contributed by atoms with Gasteiger partial charge in [-0.05, 0) is 54.5 Å². The maximum atomic E-state index is 13.5. The molecule has 2 aromatic rings. The summed E-state index contributed by atoms with van der Waals surface area (Å²) in [5.74, 6) is -0.238. The largest absolute Gasteiger partial charge is 0.348 e. The van der Waals surface area contributed by atoms with Crippen LogP contribution in [0.3, 0.4) is 0 Å². The lowest BCUT2D eigenvalue weighted by atomic mass is 10.2. The van der Waals surface area contributed by atoms with Crippen molar-refractivity contribution < 1.29 is 4.39 Å². The third-order valence-electron chi connectivity index (χ3n) is 3.10. The van der Waals surface area contributed by atoms with Gasteiger partial charge >= 0.3 is 0 Å². The van der Waals surface area contributed by atoms with Crippen LogP contribution in [0.1, 0.15) is 11.1 Å². The Morgan fingerprint density at radius 1 is 1.24 bits per heavy atom. The lowest BCUT2D eigenvalue weighted by molar-refractivity contribution is 0.508. The van der Waals surface area contributed by atoms with Gasteiger partial charge < -0.3 is 10.2 Å². The van der Waals surface area contributed by atoms with Gasteiger partial charge in [-0.3, -0.25) is 0 Å². The normalized spacial score (nSPS) is 10.3. The molecule has 0 amide bonds. The number of nitrogens with one attached hydrogen (secondary N) is 1. The molecule has 0 aliphatic heterocycles. The van der Waals surface area contributed by atoms with Crippen LogP contribution in [0, 0.1) is 12.7 Å². The van der Waals surface area contributed by atoms with Crippen molar-refractivity contribution in [1.29, 1.82) is 0 Å². The minimum atomic E-state index is -0.238. The van der Waals surface area contributed by atoms with E-state index < -0.39 is 0 Å². The van der Waals surface area contributed by atoms with Gasteiger partial charge in [-0.2, -0.15) is 0 Å². The summed E-state index contributed by atoms with van der Waals surface area (Å²) in [5, 5.41) is 3.61. The molecule has 0 aliphatic carbocycles. The van der Waals surface area contributed by atoms with E-state index in [0.717, 1.165) is 10.0 Å². The first-order chi connectivity index (χ1) is 9.95. The Kier molecular flexibility index (Phi) is 5.31. The maximum absolute atomic E-state index is 13.5. The minimum absolute atomic E-state index is 0.238. The van der Waals surface area contributed by atoms with E-state index in [9.17, 15) is 4.39 Å². The lowest BCUT2D eigenvalue weighted by Gasteiger charge is -2.21. The SMILES string of the molecule is Cc1ccc(NC(=S)N(C)Cc2ccc(Br)cc2)cc1F. The number of thiocarbonyl (C=S) groups is 1. The molecule has 5 heteroatoms. The molecule has 2 nitrogen and oxygen atoms in total. The summed E-state index contributed by atoms with van der Waals surface area (Å²) in [6.07, 6.45) is 0. The zero-order valence-electron chi connectivity index (χ0n) is 11.9.